The highest BCUT2D eigenvalue weighted by atomic mass is 16.6. The lowest BCUT2D eigenvalue weighted by molar-refractivity contribution is -0.385. The lowest BCUT2D eigenvalue weighted by Crippen LogP contribution is -2.19. The number of nitrogens with zero attached hydrogens (tertiary/aromatic N) is 1. The number of H-pyrrole nitrogens is 1. The van der Waals surface area contributed by atoms with Crippen molar-refractivity contribution in [2.75, 3.05) is 6.61 Å². The molecule has 1 heterocycles. The SMILES string of the molecule is CCOC(=O)c1cc2cc(C)c([N+](=O)[O-])cc2[nH]c1=O. The number of rotatable bonds is 3. The molecule has 20 heavy (non-hydrogen) atoms. The fourth-order valence-corrected chi connectivity index (χ4v) is 1.91. The third kappa shape index (κ3) is 2.37. The first-order valence-electron chi connectivity index (χ1n) is 5.93. The average Bonchev–Trinajstić information content (AvgIpc) is 2.37. The minimum absolute atomic E-state index is 0.0861. The number of pyridine rings is 1. The smallest absolute Gasteiger partial charge is 0.343 e. The van der Waals surface area contributed by atoms with Gasteiger partial charge in [-0.2, -0.15) is 0 Å². The van der Waals surface area contributed by atoms with E-state index in [4.69, 9.17) is 4.74 Å². The molecule has 104 valence electrons. The fourth-order valence-electron chi connectivity index (χ4n) is 1.91. The molecule has 0 aliphatic rings. The quantitative estimate of drug-likeness (QED) is 0.524. The molecule has 0 saturated carbocycles. The highest BCUT2D eigenvalue weighted by molar-refractivity contribution is 5.94. The van der Waals surface area contributed by atoms with Crippen molar-refractivity contribution >= 4 is 22.6 Å². The highest BCUT2D eigenvalue weighted by Gasteiger charge is 2.16. The number of aromatic amines is 1. The summed E-state index contributed by atoms with van der Waals surface area (Å²) in [5.74, 6) is -0.716. The highest BCUT2D eigenvalue weighted by Crippen LogP contribution is 2.23. The van der Waals surface area contributed by atoms with E-state index in [9.17, 15) is 19.7 Å². The minimum Gasteiger partial charge on any atom is -0.462 e. The van der Waals surface area contributed by atoms with Gasteiger partial charge in [-0.25, -0.2) is 4.79 Å². The lowest BCUT2D eigenvalue weighted by Gasteiger charge is -2.04. The summed E-state index contributed by atoms with van der Waals surface area (Å²) in [7, 11) is 0. The van der Waals surface area contributed by atoms with Gasteiger partial charge in [0.2, 0.25) is 0 Å². The van der Waals surface area contributed by atoms with Gasteiger partial charge in [-0.1, -0.05) is 0 Å². The summed E-state index contributed by atoms with van der Waals surface area (Å²) in [4.78, 5) is 36.2. The maximum atomic E-state index is 11.8. The van der Waals surface area contributed by atoms with Crippen LogP contribution in [0.5, 0.6) is 0 Å². The van der Waals surface area contributed by atoms with E-state index in [1.54, 1.807) is 19.9 Å². The third-order valence-corrected chi connectivity index (χ3v) is 2.85. The average molecular weight is 276 g/mol. The second-order valence-electron chi connectivity index (χ2n) is 4.22. The normalized spacial score (nSPS) is 10.5. The zero-order chi connectivity index (χ0) is 14.9. The van der Waals surface area contributed by atoms with Gasteiger partial charge in [0.15, 0.2) is 0 Å². The number of hydrogen-bond donors (Lipinski definition) is 1. The molecule has 1 N–H and O–H groups in total. The Kier molecular flexibility index (Phi) is 3.51. The number of nitro groups is 1. The summed E-state index contributed by atoms with van der Waals surface area (Å²) >= 11 is 0. The number of nitro benzene ring substituents is 1. The van der Waals surface area contributed by atoms with Gasteiger partial charge in [-0.05, 0) is 31.4 Å². The Labute approximate surface area is 113 Å². The molecule has 0 saturated heterocycles. The number of carbonyl (C=O) groups is 1. The number of esters is 1. The topological polar surface area (TPSA) is 102 Å². The van der Waals surface area contributed by atoms with Crippen molar-refractivity contribution in [3.05, 3.63) is 49.8 Å². The number of ether oxygens (including phenoxy) is 1. The van der Waals surface area contributed by atoms with Crippen LogP contribution in [0.1, 0.15) is 22.8 Å². The van der Waals surface area contributed by atoms with Gasteiger partial charge in [0.25, 0.3) is 11.2 Å². The molecule has 0 spiro atoms. The number of aryl methyl sites for hydroxylation is 1. The van der Waals surface area contributed by atoms with Crippen LogP contribution in [-0.2, 0) is 4.74 Å². The molecule has 2 rings (SSSR count). The van der Waals surface area contributed by atoms with Gasteiger partial charge >= 0.3 is 5.97 Å². The van der Waals surface area contributed by atoms with E-state index < -0.39 is 16.5 Å². The van der Waals surface area contributed by atoms with Crippen molar-refractivity contribution in [2.24, 2.45) is 0 Å². The van der Waals surface area contributed by atoms with E-state index in [1.165, 1.54) is 12.1 Å². The Morgan fingerprint density at radius 1 is 1.40 bits per heavy atom. The molecule has 2 aromatic rings. The predicted molar refractivity (Wildman–Crippen MR) is 71.9 cm³/mol. The van der Waals surface area contributed by atoms with Crippen LogP contribution in [0.15, 0.2) is 23.0 Å². The van der Waals surface area contributed by atoms with Crippen LogP contribution < -0.4 is 5.56 Å². The predicted octanol–water partition coefficient (Wildman–Crippen LogP) is 1.92. The number of nitrogens with one attached hydrogen (secondary N) is 1. The summed E-state index contributed by atoms with van der Waals surface area (Å²) in [6.07, 6.45) is 0. The summed E-state index contributed by atoms with van der Waals surface area (Å²) in [5, 5.41) is 11.4. The Hall–Kier alpha value is -2.70. The van der Waals surface area contributed by atoms with E-state index in [0.717, 1.165) is 0 Å². The van der Waals surface area contributed by atoms with Crippen molar-refractivity contribution in [3.63, 3.8) is 0 Å². The summed E-state index contributed by atoms with van der Waals surface area (Å²) in [6.45, 7) is 3.39. The Morgan fingerprint density at radius 2 is 2.10 bits per heavy atom. The largest absolute Gasteiger partial charge is 0.462 e. The Morgan fingerprint density at radius 3 is 2.70 bits per heavy atom. The van der Waals surface area contributed by atoms with Crippen LogP contribution >= 0.6 is 0 Å². The van der Waals surface area contributed by atoms with Gasteiger partial charge < -0.3 is 9.72 Å². The molecule has 7 heteroatoms. The molecule has 0 amide bonds. The molecule has 0 radical (unpaired) electrons. The van der Waals surface area contributed by atoms with Crippen LogP contribution in [-0.4, -0.2) is 22.5 Å². The molecule has 0 atom stereocenters. The molecule has 0 fully saturated rings. The molecule has 0 aliphatic carbocycles. The van der Waals surface area contributed by atoms with Gasteiger partial charge in [0.05, 0.1) is 17.0 Å². The monoisotopic (exact) mass is 276 g/mol. The number of hydrogen-bond acceptors (Lipinski definition) is 5. The molecule has 7 nitrogen and oxygen atoms in total. The van der Waals surface area contributed by atoms with E-state index >= 15 is 0 Å². The number of aromatic nitrogens is 1. The van der Waals surface area contributed by atoms with Crippen LogP contribution in [0.2, 0.25) is 0 Å². The number of benzene rings is 1. The molecule has 1 aromatic carbocycles. The van der Waals surface area contributed by atoms with Crippen LogP contribution in [0.25, 0.3) is 10.9 Å². The van der Waals surface area contributed by atoms with Gasteiger partial charge in [0.1, 0.15) is 5.56 Å². The van der Waals surface area contributed by atoms with Crippen LogP contribution in [0.4, 0.5) is 5.69 Å². The molecule has 1 aromatic heterocycles. The van der Waals surface area contributed by atoms with E-state index in [1.807, 2.05) is 0 Å². The van der Waals surface area contributed by atoms with Crippen molar-refractivity contribution in [2.45, 2.75) is 13.8 Å². The van der Waals surface area contributed by atoms with Crippen LogP contribution in [0.3, 0.4) is 0 Å². The first kappa shape index (κ1) is 13.7. The number of carbonyl (C=O) groups excluding carboxylic acids is 1. The second-order valence-corrected chi connectivity index (χ2v) is 4.22. The van der Waals surface area contributed by atoms with Gasteiger partial charge in [-0.3, -0.25) is 14.9 Å². The van der Waals surface area contributed by atoms with Gasteiger partial charge in [0, 0.05) is 11.6 Å². The van der Waals surface area contributed by atoms with Crippen molar-refractivity contribution in [3.8, 4) is 0 Å². The second kappa shape index (κ2) is 5.12. The van der Waals surface area contributed by atoms with E-state index in [2.05, 4.69) is 4.98 Å². The van der Waals surface area contributed by atoms with E-state index in [0.29, 0.717) is 16.5 Å². The zero-order valence-corrected chi connectivity index (χ0v) is 10.9. The summed E-state index contributed by atoms with van der Waals surface area (Å²) in [6, 6.07) is 4.20. The summed E-state index contributed by atoms with van der Waals surface area (Å²) in [5.41, 5.74) is -0.0801. The standard InChI is InChI=1S/C13H12N2O5/c1-3-20-13(17)9-5-8-4-7(2)11(15(18)19)6-10(8)14-12(9)16/h4-6H,3H2,1-2H3,(H,14,16). The van der Waals surface area contributed by atoms with Crippen molar-refractivity contribution in [1.82, 2.24) is 4.98 Å². The maximum absolute atomic E-state index is 11.8. The fraction of sp³-hybridized carbons (Fsp3) is 0.231. The molecule has 0 unspecified atom stereocenters. The van der Waals surface area contributed by atoms with Crippen LogP contribution in [0, 0.1) is 17.0 Å². The zero-order valence-electron chi connectivity index (χ0n) is 10.9. The minimum atomic E-state index is -0.716. The first-order valence-corrected chi connectivity index (χ1v) is 5.93. The first-order chi connectivity index (χ1) is 9.43. The Bertz CT molecular complexity index is 763. The van der Waals surface area contributed by atoms with Crippen molar-refractivity contribution in [1.29, 1.82) is 0 Å². The maximum Gasteiger partial charge on any atom is 0.343 e. The third-order valence-electron chi connectivity index (χ3n) is 2.85. The number of fused-ring (bicyclic) bond motifs is 1. The van der Waals surface area contributed by atoms with Crippen molar-refractivity contribution < 1.29 is 14.5 Å². The molecule has 0 bridgehead atoms. The molecular weight excluding hydrogens is 264 g/mol. The van der Waals surface area contributed by atoms with Gasteiger partial charge in [-0.15, -0.1) is 0 Å². The lowest BCUT2D eigenvalue weighted by atomic mass is 10.1. The molecule has 0 aliphatic heterocycles. The summed E-state index contributed by atoms with van der Waals surface area (Å²) < 4.78 is 4.78. The molecular formula is C13H12N2O5. The Balaban J connectivity index is 2.66. The van der Waals surface area contributed by atoms with E-state index in [-0.39, 0.29) is 17.9 Å².